The molecule has 0 saturated carbocycles. The Morgan fingerprint density at radius 2 is 1.96 bits per heavy atom. The Hall–Kier alpha value is -0.543. The fourth-order valence-electron chi connectivity index (χ4n) is 4.53. The van der Waals surface area contributed by atoms with E-state index in [1.54, 1.807) is 7.11 Å². The second kappa shape index (κ2) is 7.94. The van der Waals surface area contributed by atoms with E-state index < -0.39 is 8.32 Å². The van der Waals surface area contributed by atoms with Crippen LogP contribution in [0.2, 0.25) is 13.1 Å². The second-order valence-corrected chi connectivity index (χ2v) is 14.4. The van der Waals surface area contributed by atoms with Crippen LogP contribution in [0.15, 0.2) is 42.0 Å². The van der Waals surface area contributed by atoms with E-state index in [9.17, 15) is 0 Å². The number of hydrogen-bond donors (Lipinski definition) is 0. The third-order valence-electron chi connectivity index (χ3n) is 5.93. The third kappa shape index (κ3) is 3.78. The van der Waals surface area contributed by atoms with Crippen LogP contribution in [0.1, 0.15) is 25.2 Å². The summed E-state index contributed by atoms with van der Waals surface area (Å²) in [5, 5.41) is 0. The van der Waals surface area contributed by atoms with Crippen LogP contribution in [0, 0.1) is 5.41 Å². The van der Waals surface area contributed by atoms with Crippen LogP contribution in [0.4, 0.5) is 0 Å². The van der Waals surface area contributed by atoms with E-state index in [1.165, 1.54) is 0 Å². The van der Waals surface area contributed by atoms with Crippen LogP contribution in [-0.2, 0) is 23.4 Å². The maximum Gasteiger partial charge on any atom is 0.197 e. The molecule has 7 heteroatoms. The van der Waals surface area contributed by atoms with Crippen molar-refractivity contribution in [1.82, 2.24) is 0 Å². The zero-order valence-corrected chi connectivity index (χ0v) is 19.5. The second-order valence-electron chi connectivity index (χ2n) is 8.67. The smallest absolute Gasteiger partial charge is 0.197 e. The summed E-state index contributed by atoms with van der Waals surface area (Å²) in [6.45, 7) is 7.20. The van der Waals surface area contributed by atoms with E-state index in [4.69, 9.17) is 23.4 Å². The van der Waals surface area contributed by atoms with Crippen LogP contribution < -0.4 is 0 Å². The molecule has 3 aliphatic rings. The first-order valence-electron chi connectivity index (χ1n) is 9.82. The summed E-state index contributed by atoms with van der Waals surface area (Å²) in [5.41, 5.74) is 1.96. The molecule has 0 amide bonds. The number of fused-ring (bicyclic) bond motifs is 3. The Labute approximate surface area is 176 Å². The summed E-state index contributed by atoms with van der Waals surface area (Å²) in [4.78, 5) is 0.910. The van der Waals surface area contributed by atoms with Gasteiger partial charge < -0.3 is 23.4 Å². The van der Waals surface area contributed by atoms with Crippen molar-refractivity contribution in [3.05, 3.63) is 47.5 Å². The lowest BCUT2D eigenvalue weighted by Gasteiger charge is -2.51. The average molecular weight is 469 g/mol. The fourth-order valence-corrected chi connectivity index (χ4v) is 5.96. The molecule has 2 fully saturated rings. The van der Waals surface area contributed by atoms with Crippen LogP contribution >= 0.6 is 15.9 Å². The maximum atomic E-state index is 6.51. The maximum absolute atomic E-state index is 6.51. The number of methoxy groups -OCH3 is 1. The summed E-state index contributed by atoms with van der Waals surface area (Å²) in [5.74, 6) is 0. The van der Waals surface area contributed by atoms with Gasteiger partial charge in [0.1, 0.15) is 6.10 Å². The van der Waals surface area contributed by atoms with Crippen molar-refractivity contribution >= 4 is 24.2 Å². The van der Waals surface area contributed by atoms with Crippen molar-refractivity contribution in [2.75, 3.05) is 18.7 Å². The summed E-state index contributed by atoms with van der Waals surface area (Å²) >= 11 is 3.61. The largest absolute Gasteiger partial charge is 0.410 e. The van der Waals surface area contributed by atoms with Gasteiger partial charge in [-0.25, -0.2) is 0 Å². The standard InChI is InChI=1S/C21H29BrO5Si/c1-21-11-15(27-28(3,4)13-22)10-16(21)20(23-2)25-17-12-24-19(26-18(17)21)14-8-6-5-7-9-14/h5-10,15,17-20H,11-13H2,1-4H3/t15-,17?,18?,19+,20+,21-/m1/s1. The molecule has 2 aliphatic heterocycles. The number of hydrogen-bond acceptors (Lipinski definition) is 5. The van der Waals surface area contributed by atoms with Crippen molar-refractivity contribution in [2.24, 2.45) is 5.41 Å². The molecular formula is C21H29BrO5Si. The lowest BCUT2D eigenvalue weighted by atomic mass is 9.73. The topological polar surface area (TPSA) is 46.2 Å². The summed E-state index contributed by atoms with van der Waals surface area (Å²) < 4.78 is 30.9. The van der Waals surface area contributed by atoms with Gasteiger partial charge in [-0.05, 0) is 25.1 Å². The highest BCUT2D eigenvalue weighted by Crippen LogP contribution is 2.53. The van der Waals surface area contributed by atoms with Crippen molar-refractivity contribution in [2.45, 2.75) is 57.3 Å². The van der Waals surface area contributed by atoms with Gasteiger partial charge in [0.05, 0.1) is 18.8 Å². The van der Waals surface area contributed by atoms with E-state index in [0.717, 1.165) is 22.5 Å². The Kier molecular flexibility index (Phi) is 5.88. The molecular weight excluding hydrogens is 440 g/mol. The lowest BCUT2D eigenvalue weighted by molar-refractivity contribution is -0.325. The zero-order valence-electron chi connectivity index (χ0n) is 16.9. The first-order valence-corrected chi connectivity index (χ1v) is 14.1. The molecule has 1 aromatic rings. The molecule has 28 heavy (non-hydrogen) atoms. The van der Waals surface area contributed by atoms with Gasteiger partial charge in [-0.3, -0.25) is 0 Å². The highest BCUT2D eigenvalue weighted by atomic mass is 79.9. The highest BCUT2D eigenvalue weighted by molar-refractivity contribution is 9.09. The van der Waals surface area contributed by atoms with Gasteiger partial charge in [0.2, 0.25) is 0 Å². The average Bonchev–Trinajstić information content (AvgIpc) is 3.04. The summed E-state index contributed by atoms with van der Waals surface area (Å²) in [7, 11) is -0.0671. The molecule has 0 aromatic heterocycles. The van der Waals surface area contributed by atoms with Crippen molar-refractivity contribution in [3.8, 4) is 0 Å². The van der Waals surface area contributed by atoms with Crippen molar-refractivity contribution in [3.63, 3.8) is 0 Å². The predicted molar refractivity (Wildman–Crippen MR) is 113 cm³/mol. The Bertz CT molecular complexity index is 727. The molecule has 2 unspecified atom stereocenters. The first-order chi connectivity index (χ1) is 13.4. The van der Waals surface area contributed by atoms with Crippen LogP contribution in [0.5, 0.6) is 0 Å². The van der Waals surface area contributed by atoms with Crippen molar-refractivity contribution in [1.29, 1.82) is 0 Å². The minimum absolute atomic E-state index is 0.0563. The van der Waals surface area contributed by atoms with E-state index in [0.29, 0.717) is 6.61 Å². The number of rotatable bonds is 5. The van der Waals surface area contributed by atoms with Gasteiger partial charge in [0.15, 0.2) is 20.9 Å². The van der Waals surface area contributed by atoms with E-state index in [1.807, 2.05) is 30.3 Å². The lowest BCUT2D eigenvalue weighted by Crippen LogP contribution is -2.58. The van der Waals surface area contributed by atoms with Crippen LogP contribution in [-0.4, -0.2) is 51.6 Å². The molecule has 1 aromatic carbocycles. The van der Waals surface area contributed by atoms with Gasteiger partial charge in [-0.2, -0.15) is 0 Å². The molecule has 2 heterocycles. The SMILES string of the molecule is CO[C@H]1OC2CO[C@H](c3ccccc3)OC2[C@]2(C)C[C@H](O[Si](C)(C)CBr)C=C12. The summed E-state index contributed by atoms with van der Waals surface area (Å²) in [6, 6.07) is 10.1. The Morgan fingerprint density at radius 1 is 1.21 bits per heavy atom. The quantitative estimate of drug-likeness (QED) is 0.365. The molecule has 0 spiro atoms. The number of halogens is 1. The minimum Gasteiger partial charge on any atom is -0.410 e. The van der Waals surface area contributed by atoms with Crippen molar-refractivity contribution < 1.29 is 23.4 Å². The van der Waals surface area contributed by atoms with Gasteiger partial charge in [-0.1, -0.05) is 59.3 Å². The summed E-state index contributed by atoms with van der Waals surface area (Å²) in [6.07, 6.45) is 2.11. The van der Waals surface area contributed by atoms with Crippen LogP contribution in [0.25, 0.3) is 0 Å². The van der Waals surface area contributed by atoms with Gasteiger partial charge in [0.25, 0.3) is 0 Å². The minimum atomic E-state index is -1.76. The molecule has 0 N–H and O–H groups in total. The molecule has 2 saturated heterocycles. The molecule has 154 valence electrons. The number of benzene rings is 1. The van der Waals surface area contributed by atoms with Gasteiger partial charge in [-0.15, -0.1) is 0 Å². The number of ether oxygens (including phenoxy) is 4. The number of alkyl halides is 1. The molecule has 0 radical (unpaired) electrons. The molecule has 1 aliphatic carbocycles. The normalized spacial score (nSPS) is 37.9. The predicted octanol–water partition coefficient (Wildman–Crippen LogP) is 4.33. The van der Waals surface area contributed by atoms with E-state index >= 15 is 0 Å². The molecule has 6 atom stereocenters. The molecule has 5 nitrogen and oxygen atoms in total. The van der Waals surface area contributed by atoms with Crippen LogP contribution in [0.3, 0.4) is 0 Å². The van der Waals surface area contributed by atoms with E-state index in [2.05, 4.69) is 42.0 Å². The van der Waals surface area contributed by atoms with Gasteiger partial charge in [0, 0.05) is 23.0 Å². The van der Waals surface area contributed by atoms with Gasteiger partial charge >= 0.3 is 0 Å². The van der Waals surface area contributed by atoms with E-state index in [-0.39, 0.29) is 36.3 Å². The Morgan fingerprint density at radius 3 is 2.64 bits per heavy atom. The first kappa shape index (κ1) is 20.7. The Balaban J connectivity index is 1.60. The monoisotopic (exact) mass is 468 g/mol. The highest BCUT2D eigenvalue weighted by Gasteiger charge is 2.57. The zero-order chi connectivity index (χ0) is 19.9. The fraction of sp³-hybridized carbons (Fsp3) is 0.619. The molecule has 0 bridgehead atoms. The molecule has 4 rings (SSSR count). The third-order valence-corrected chi connectivity index (χ3v) is 11.6.